The first-order valence-corrected chi connectivity index (χ1v) is 8.82. The molecule has 1 unspecified atom stereocenters. The van der Waals surface area contributed by atoms with Crippen LogP contribution in [0.5, 0.6) is 0 Å². The number of hydrogen-bond acceptors (Lipinski definition) is 2. The molecule has 1 fully saturated rings. The number of carbonyl (C=O) groups excluding carboxylic acids is 1. The van der Waals surface area contributed by atoms with Gasteiger partial charge >= 0.3 is 12.2 Å². The van der Waals surface area contributed by atoms with Gasteiger partial charge in [0, 0.05) is 18.0 Å². The third-order valence-electron chi connectivity index (χ3n) is 3.95. The summed E-state index contributed by atoms with van der Waals surface area (Å²) in [6.45, 7) is 2.44. The number of halogens is 3. The molecule has 0 aromatic heterocycles. The molecule has 1 saturated heterocycles. The lowest BCUT2D eigenvalue weighted by atomic mass is 10.1. The van der Waals surface area contributed by atoms with E-state index in [4.69, 9.17) is 0 Å². The molecule has 25 heavy (non-hydrogen) atoms. The molecule has 1 N–H and O–H groups in total. The van der Waals surface area contributed by atoms with Crippen molar-refractivity contribution in [3.8, 4) is 0 Å². The van der Waals surface area contributed by atoms with Crippen LogP contribution in [0.4, 0.5) is 23.7 Å². The molecule has 1 heterocycles. The van der Waals surface area contributed by atoms with E-state index in [1.54, 1.807) is 23.1 Å². The Balaban J connectivity index is 1.78. The highest BCUT2D eigenvalue weighted by Gasteiger charge is 2.34. The van der Waals surface area contributed by atoms with Crippen molar-refractivity contribution < 1.29 is 18.0 Å². The van der Waals surface area contributed by atoms with Gasteiger partial charge in [0.05, 0.1) is 5.56 Å². The van der Waals surface area contributed by atoms with E-state index in [9.17, 15) is 18.0 Å². The molecule has 3 rings (SSSR count). The first-order valence-electron chi connectivity index (χ1n) is 7.77. The van der Waals surface area contributed by atoms with Gasteiger partial charge in [-0.05, 0) is 36.8 Å². The predicted molar refractivity (Wildman–Crippen MR) is 93.5 cm³/mol. The fourth-order valence-electron chi connectivity index (χ4n) is 2.65. The summed E-state index contributed by atoms with van der Waals surface area (Å²) < 4.78 is 38.8. The smallest absolute Gasteiger partial charge is 0.308 e. The summed E-state index contributed by atoms with van der Waals surface area (Å²) in [4.78, 5) is 14.1. The van der Waals surface area contributed by atoms with Crippen LogP contribution in [0.2, 0.25) is 0 Å². The molecule has 1 aliphatic heterocycles. The van der Waals surface area contributed by atoms with Gasteiger partial charge in [0.15, 0.2) is 0 Å². The number of alkyl halides is 3. The van der Waals surface area contributed by atoms with Crippen LogP contribution in [0, 0.1) is 6.92 Å². The topological polar surface area (TPSA) is 32.3 Å². The molecule has 132 valence electrons. The highest BCUT2D eigenvalue weighted by atomic mass is 32.2. The van der Waals surface area contributed by atoms with E-state index in [0.29, 0.717) is 23.5 Å². The molecule has 7 heteroatoms. The van der Waals surface area contributed by atoms with Gasteiger partial charge in [-0.3, -0.25) is 0 Å². The number of urea groups is 1. The standard InChI is InChI=1S/C18H17F3N2OS/c1-12-5-7-15(8-6-12)22-17(24)23-9-10-25-16(23)13-3-2-4-14(11-13)18(19,20)21/h2-8,11,16H,9-10H2,1H3,(H,22,24). The highest BCUT2D eigenvalue weighted by molar-refractivity contribution is 7.99. The van der Waals surface area contributed by atoms with Gasteiger partial charge in [0.25, 0.3) is 0 Å². The Kier molecular flexibility index (Phi) is 4.94. The summed E-state index contributed by atoms with van der Waals surface area (Å²) in [6, 6.07) is 12.2. The number of nitrogens with zero attached hydrogens (tertiary/aromatic N) is 1. The van der Waals surface area contributed by atoms with E-state index >= 15 is 0 Å². The number of thioether (sulfide) groups is 1. The minimum absolute atomic E-state index is 0.309. The number of aryl methyl sites for hydroxylation is 1. The zero-order valence-corrected chi connectivity index (χ0v) is 14.3. The fraction of sp³-hybridized carbons (Fsp3) is 0.278. The molecule has 3 nitrogen and oxygen atoms in total. The Morgan fingerprint density at radius 3 is 2.60 bits per heavy atom. The molecule has 2 aromatic carbocycles. The summed E-state index contributed by atoms with van der Waals surface area (Å²) >= 11 is 1.46. The van der Waals surface area contributed by atoms with Crippen LogP contribution in [0.15, 0.2) is 48.5 Å². The maximum Gasteiger partial charge on any atom is 0.416 e. The van der Waals surface area contributed by atoms with Gasteiger partial charge in [-0.2, -0.15) is 13.2 Å². The summed E-state index contributed by atoms with van der Waals surface area (Å²) in [5.74, 6) is 0.683. The average Bonchev–Trinajstić information content (AvgIpc) is 3.06. The van der Waals surface area contributed by atoms with E-state index in [1.807, 2.05) is 19.1 Å². The van der Waals surface area contributed by atoms with Crippen molar-refractivity contribution in [2.24, 2.45) is 0 Å². The largest absolute Gasteiger partial charge is 0.416 e. The number of nitrogens with one attached hydrogen (secondary N) is 1. The molecule has 0 spiro atoms. The van der Waals surface area contributed by atoms with Crippen LogP contribution >= 0.6 is 11.8 Å². The number of carbonyl (C=O) groups is 1. The number of benzene rings is 2. The summed E-state index contributed by atoms with van der Waals surface area (Å²) in [7, 11) is 0. The quantitative estimate of drug-likeness (QED) is 0.783. The van der Waals surface area contributed by atoms with Crippen LogP contribution < -0.4 is 5.32 Å². The third kappa shape index (κ3) is 4.10. The van der Waals surface area contributed by atoms with Gasteiger partial charge in [0.2, 0.25) is 0 Å². The van der Waals surface area contributed by atoms with Crippen molar-refractivity contribution in [2.45, 2.75) is 18.5 Å². The van der Waals surface area contributed by atoms with Gasteiger partial charge in [0.1, 0.15) is 5.37 Å². The molecule has 0 bridgehead atoms. The lowest BCUT2D eigenvalue weighted by Crippen LogP contribution is -2.34. The molecule has 1 atom stereocenters. The molecule has 2 aromatic rings. The first-order chi connectivity index (χ1) is 11.8. The minimum Gasteiger partial charge on any atom is -0.308 e. The monoisotopic (exact) mass is 366 g/mol. The maximum atomic E-state index is 12.9. The van der Waals surface area contributed by atoms with Crippen molar-refractivity contribution in [2.75, 3.05) is 17.6 Å². The lowest BCUT2D eigenvalue weighted by Gasteiger charge is -2.25. The Labute approximate surface area is 148 Å². The molecule has 0 aliphatic carbocycles. The van der Waals surface area contributed by atoms with Gasteiger partial charge < -0.3 is 10.2 Å². The fourth-order valence-corrected chi connectivity index (χ4v) is 3.90. The average molecular weight is 366 g/mol. The number of anilines is 1. The Bertz CT molecular complexity index is 762. The number of rotatable bonds is 2. The van der Waals surface area contributed by atoms with Crippen molar-refractivity contribution in [1.82, 2.24) is 4.90 Å². The summed E-state index contributed by atoms with van der Waals surface area (Å²) in [6.07, 6.45) is -4.39. The highest BCUT2D eigenvalue weighted by Crippen LogP contribution is 2.40. The Morgan fingerprint density at radius 2 is 1.92 bits per heavy atom. The molecule has 0 saturated carbocycles. The summed E-state index contributed by atoms with van der Waals surface area (Å²) in [5, 5.41) is 2.38. The van der Waals surface area contributed by atoms with Crippen molar-refractivity contribution >= 4 is 23.5 Å². The van der Waals surface area contributed by atoms with Crippen LogP contribution in [0.25, 0.3) is 0 Å². The van der Waals surface area contributed by atoms with Gasteiger partial charge in [-0.25, -0.2) is 4.79 Å². The maximum absolute atomic E-state index is 12.9. The normalized spacial score (nSPS) is 17.6. The second kappa shape index (κ2) is 7.00. The Morgan fingerprint density at radius 1 is 1.20 bits per heavy atom. The van der Waals surface area contributed by atoms with Crippen LogP contribution in [0.3, 0.4) is 0 Å². The third-order valence-corrected chi connectivity index (χ3v) is 5.21. The van der Waals surface area contributed by atoms with E-state index in [-0.39, 0.29) is 6.03 Å². The molecule has 2 amide bonds. The SMILES string of the molecule is Cc1ccc(NC(=O)N2CCSC2c2cccc(C(F)(F)F)c2)cc1. The van der Waals surface area contributed by atoms with Crippen LogP contribution in [-0.2, 0) is 6.18 Å². The molecule has 1 aliphatic rings. The lowest BCUT2D eigenvalue weighted by molar-refractivity contribution is -0.137. The van der Waals surface area contributed by atoms with Gasteiger partial charge in [-0.1, -0.05) is 29.8 Å². The molecular formula is C18H17F3N2OS. The van der Waals surface area contributed by atoms with Crippen LogP contribution in [-0.4, -0.2) is 23.2 Å². The van der Waals surface area contributed by atoms with E-state index in [2.05, 4.69) is 5.32 Å². The van der Waals surface area contributed by atoms with Crippen molar-refractivity contribution in [1.29, 1.82) is 0 Å². The summed E-state index contributed by atoms with van der Waals surface area (Å²) in [5.41, 5.74) is 1.53. The minimum atomic E-state index is -4.39. The number of hydrogen-bond donors (Lipinski definition) is 1. The number of amides is 2. The van der Waals surface area contributed by atoms with Crippen LogP contribution in [0.1, 0.15) is 22.1 Å². The zero-order chi connectivity index (χ0) is 18.0. The zero-order valence-electron chi connectivity index (χ0n) is 13.5. The van der Waals surface area contributed by atoms with E-state index < -0.39 is 17.1 Å². The first kappa shape index (κ1) is 17.7. The van der Waals surface area contributed by atoms with Crippen molar-refractivity contribution in [3.05, 3.63) is 65.2 Å². The predicted octanol–water partition coefficient (Wildman–Crippen LogP) is 5.29. The van der Waals surface area contributed by atoms with Crippen molar-refractivity contribution in [3.63, 3.8) is 0 Å². The molecule has 0 radical (unpaired) electrons. The second-order valence-electron chi connectivity index (χ2n) is 5.84. The van der Waals surface area contributed by atoms with Gasteiger partial charge in [-0.15, -0.1) is 11.8 Å². The van der Waals surface area contributed by atoms with E-state index in [0.717, 1.165) is 17.7 Å². The second-order valence-corrected chi connectivity index (χ2v) is 7.02. The Hall–Kier alpha value is -2.15. The van der Waals surface area contributed by atoms with E-state index in [1.165, 1.54) is 17.8 Å². The molecular weight excluding hydrogens is 349 g/mol.